The molecule has 4 nitrogen and oxygen atoms in total. The van der Waals surface area contributed by atoms with Gasteiger partial charge in [-0.15, -0.1) is 11.3 Å². The van der Waals surface area contributed by atoms with E-state index in [1.54, 1.807) is 4.90 Å². The zero-order chi connectivity index (χ0) is 15.7. The number of aryl methyl sites for hydroxylation is 1. The summed E-state index contributed by atoms with van der Waals surface area (Å²) in [5, 5.41) is 11.2. The van der Waals surface area contributed by atoms with E-state index in [4.69, 9.17) is 11.6 Å². The SMILES string of the molecule is Cc1nc(-c2ccc(Cl)cc2)sc1C(=O)N1CCCC(O)C1. The number of halogens is 1. The van der Waals surface area contributed by atoms with Crippen molar-refractivity contribution in [1.29, 1.82) is 0 Å². The Labute approximate surface area is 138 Å². The van der Waals surface area contributed by atoms with Crippen LogP contribution in [0.25, 0.3) is 10.6 Å². The number of likely N-dealkylation sites (tertiary alicyclic amines) is 1. The van der Waals surface area contributed by atoms with Crippen LogP contribution in [-0.2, 0) is 0 Å². The number of hydrogen-bond donors (Lipinski definition) is 1. The van der Waals surface area contributed by atoms with Gasteiger partial charge in [0.1, 0.15) is 9.88 Å². The minimum atomic E-state index is -0.415. The van der Waals surface area contributed by atoms with Gasteiger partial charge in [-0.05, 0) is 31.9 Å². The standard InChI is InChI=1S/C16H17ClN2O2S/c1-10-14(16(21)19-8-2-3-13(20)9-19)22-15(18-10)11-4-6-12(17)7-5-11/h4-7,13,20H,2-3,8-9H2,1H3. The Hall–Kier alpha value is -1.43. The number of rotatable bonds is 2. The highest BCUT2D eigenvalue weighted by molar-refractivity contribution is 7.17. The third kappa shape index (κ3) is 3.16. The topological polar surface area (TPSA) is 53.4 Å². The van der Waals surface area contributed by atoms with Crippen LogP contribution >= 0.6 is 22.9 Å². The molecule has 22 heavy (non-hydrogen) atoms. The van der Waals surface area contributed by atoms with E-state index in [9.17, 15) is 9.90 Å². The Bertz CT molecular complexity index is 684. The molecule has 1 saturated heterocycles. The van der Waals surface area contributed by atoms with Gasteiger partial charge in [0, 0.05) is 23.7 Å². The second kappa shape index (κ2) is 6.36. The normalized spacial score (nSPS) is 18.5. The van der Waals surface area contributed by atoms with Crippen LogP contribution in [0.2, 0.25) is 5.02 Å². The minimum Gasteiger partial charge on any atom is -0.391 e. The summed E-state index contributed by atoms with van der Waals surface area (Å²) in [6.07, 6.45) is 1.19. The summed E-state index contributed by atoms with van der Waals surface area (Å²) in [7, 11) is 0. The van der Waals surface area contributed by atoms with Crippen molar-refractivity contribution in [3.8, 4) is 10.6 Å². The monoisotopic (exact) mass is 336 g/mol. The number of piperidine rings is 1. The number of amides is 1. The van der Waals surface area contributed by atoms with Crippen LogP contribution in [0.5, 0.6) is 0 Å². The van der Waals surface area contributed by atoms with Crippen LogP contribution in [0.1, 0.15) is 28.2 Å². The van der Waals surface area contributed by atoms with Crippen molar-refractivity contribution < 1.29 is 9.90 Å². The molecule has 1 aromatic carbocycles. The van der Waals surface area contributed by atoms with Crippen molar-refractivity contribution >= 4 is 28.8 Å². The molecule has 1 aromatic heterocycles. The lowest BCUT2D eigenvalue weighted by Gasteiger charge is -2.29. The molecule has 2 aromatic rings. The van der Waals surface area contributed by atoms with Gasteiger partial charge in [0.2, 0.25) is 0 Å². The van der Waals surface area contributed by atoms with Crippen LogP contribution in [0.15, 0.2) is 24.3 Å². The molecular weight excluding hydrogens is 320 g/mol. The van der Waals surface area contributed by atoms with E-state index in [1.165, 1.54) is 11.3 Å². The Morgan fingerprint density at radius 1 is 1.41 bits per heavy atom. The van der Waals surface area contributed by atoms with Crippen LogP contribution in [-0.4, -0.2) is 40.1 Å². The molecule has 0 radical (unpaired) electrons. The maximum Gasteiger partial charge on any atom is 0.265 e. The quantitative estimate of drug-likeness (QED) is 0.914. The average Bonchev–Trinajstić information content (AvgIpc) is 2.89. The Morgan fingerprint density at radius 3 is 2.82 bits per heavy atom. The molecule has 1 atom stereocenters. The van der Waals surface area contributed by atoms with Crippen LogP contribution in [0.4, 0.5) is 0 Å². The number of aromatic nitrogens is 1. The number of hydrogen-bond acceptors (Lipinski definition) is 4. The van der Waals surface area contributed by atoms with E-state index in [0.29, 0.717) is 23.0 Å². The minimum absolute atomic E-state index is 0.0334. The molecule has 3 rings (SSSR count). The molecule has 2 heterocycles. The smallest absolute Gasteiger partial charge is 0.265 e. The molecule has 0 aliphatic carbocycles. The first kappa shape index (κ1) is 15.5. The lowest BCUT2D eigenvalue weighted by molar-refractivity contribution is 0.0477. The summed E-state index contributed by atoms with van der Waals surface area (Å²) in [5.74, 6) is -0.0334. The van der Waals surface area contributed by atoms with Crippen molar-refractivity contribution in [2.45, 2.75) is 25.9 Å². The van der Waals surface area contributed by atoms with Crippen molar-refractivity contribution in [3.63, 3.8) is 0 Å². The number of aliphatic hydroxyl groups excluding tert-OH is 1. The third-order valence-corrected chi connectivity index (χ3v) is 5.21. The number of benzene rings is 1. The fourth-order valence-electron chi connectivity index (χ4n) is 2.59. The van der Waals surface area contributed by atoms with E-state index < -0.39 is 6.10 Å². The first-order chi connectivity index (χ1) is 10.5. The molecule has 0 spiro atoms. The van der Waals surface area contributed by atoms with Crippen LogP contribution in [0, 0.1) is 6.92 Å². The number of β-amino-alcohol motifs (C(OH)–C–C–N with tert-alkyl or cyclic N) is 1. The zero-order valence-electron chi connectivity index (χ0n) is 12.3. The predicted octanol–water partition coefficient (Wildman–Crippen LogP) is 3.37. The van der Waals surface area contributed by atoms with E-state index in [-0.39, 0.29) is 5.91 Å². The van der Waals surface area contributed by atoms with Crippen molar-refractivity contribution in [3.05, 3.63) is 39.9 Å². The second-order valence-electron chi connectivity index (χ2n) is 5.49. The summed E-state index contributed by atoms with van der Waals surface area (Å²) >= 11 is 7.29. The average molecular weight is 337 g/mol. The van der Waals surface area contributed by atoms with Gasteiger partial charge >= 0.3 is 0 Å². The number of carbonyl (C=O) groups excluding carboxylic acids is 1. The number of carbonyl (C=O) groups is 1. The molecule has 1 N–H and O–H groups in total. The lowest BCUT2D eigenvalue weighted by atomic mass is 10.1. The summed E-state index contributed by atoms with van der Waals surface area (Å²) in [6, 6.07) is 7.44. The molecule has 1 aliphatic rings. The fraction of sp³-hybridized carbons (Fsp3) is 0.375. The summed E-state index contributed by atoms with van der Waals surface area (Å²) in [5.41, 5.74) is 1.69. The molecule has 1 unspecified atom stereocenters. The van der Waals surface area contributed by atoms with Gasteiger partial charge in [-0.2, -0.15) is 0 Å². The summed E-state index contributed by atoms with van der Waals surface area (Å²) < 4.78 is 0. The molecule has 1 fully saturated rings. The van der Waals surface area contributed by atoms with E-state index >= 15 is 0 Å². The zero-order valence-corrected chi connectivity index (χ0v) is 13.8. The van der Waals surface area contributed by atoms with Crippen molar-refractivity contribution in [2.24, 2.45) is 0 Å². The highest BCUT2D eigenvalue weighted by Crippen LogP contribution is 2.30. The van der Waals surface area contributed by atoms with Gasteiger partial charge in [0.05, 0.1) is 11.8 Å². The maximum absolute atomic E-state index is 12.6. The highest BCUT2D eigenvalue weighted by Gasteiger charge is 2.26. The van der Waals surface area contributed by atoms with Gasteiger partial charge in [0.25, 0.3) is 5.91 Å². The number of thiazole rings is 1. The number of aliphatic hydroxyl groups is 1. The Kier molecular flexibility index (Phi) is 4.47. The van der Waals surface area contributed by atoms with Crippen molar-refractivity contribution in [2.75, 3.05) is 13.1 Å². The first-order valence-corrected chi connectivity index (χ1v) is 8.45. The van der Waals surface area contributed by atoms with Gasteiger partial charge in [-0.3, -0.25) is 4.79 Å². The Balaban J connectivity index is 1.85. The molecular formula is C16H17ClN2O2S. The highest BCUT2D eigenvalue weighted by atomic mass is 35.5. The molecule has 6 heteroatoms. The Morgan fingerprint density at radius 2 is 2.14 bits per heavy atom. The van der Waals surface area contributed by atoms with E-state index in [1.807, 2.05) is 31.2 Å². The first-order valence-electron chi connectivity index (χ1n) is 7.25. The largest absolute Gasteiger partial charge is 0.391 e. The van der Waals surface area contributed by atoms with E-state index in [2.05, 4.69) is 4.98 Å². The second-order valence-corrected chi connectivity index (χ2v) is 6.92. The van der Waals surface area contributed by atoms with Gasteiger partial charge in [-0.1, -0.05) is 23.7 Å². The molecule has 0 saturated carbocycles. The van der Waals surface area contributed by atoms with Crippen molar-refractivity contribution in [1.82, 2.24) is 9.88 Å². The summed E-state index contributed by atoms with van der Waals surface area (Å²) in [4.78, 5) is 19.5. The maximum atomic E-state index is 12.6. The van der Waals surface area contributed by atoms with Crippen LogP contribution in [0.3, 0.4) is 0 Å². The molecule has 116 valence electrons. The van der Waals surface area contributed by atoms with E-state index in [0.717, 1.165) is 29.1 Å². The van der Waals surface area contributed by atoms with Gasteiger partial charge in [-0.25, -0.2) is 4.98 Å². The molecule has 1 aliphatic heterocycles. The number of nitrogens with zero attached hydrogens (tertiary/aromatic N) is 2. The predicted molar refractivity (Wildman–Crippen MR) is 88.4 cm³/mol. The van der Waals surface area contributed by atoms with Gasteiger partial charge < -0.3 is 10.0 Å². The fourth-order valence-corrected chi connectivity index (χ4v) is 3.76. The summed E-state index contributed by atoms with van der Waals surface area (Å²) in [6.45, 7) is 2.96. The lowest BCUT2D eigenvalue weighted by Crippen LogP contribution is -2.42. The molecule has 0 bridgehead atoms. The van der Waals surface area contributed by atoms with Crippen LogP contribution < -0.4 is 0 Å². The molecule has 1 amide bonds. The third-order valence-electron chi connectivity index (χ3n) is 3.77. The van der Waals surface area contributed by atoms with Gasteiger partial charge in [0.15, 0.2) is 0 Å².